The van der Waals surface area contributed by atoms with Gasteiger partial charge in [0.05, 0.1) is 0 Å². The van der Waals surface area contributed by atoms with E-state index >= 15 is 0 Å². The maximum absolute atomic E-state index is 4.86. The predicted molar refractivity (Wildman–Crippen MR) is 96.5 cm³/mol. The number of hydrogen-bond donors (Lipinski definition) is 1. The van der Waals surface area contributed by atoms with Gasteiger partial charge in [-0.05, 0) is 45.2 Å². The standard InChI is InChI=1S/C20H26S/c1-19(2,3)16-12-15(14-10-8-7-9-11-14)13-17(18(16)21)20(4,5)6/h7-13,21H,1-6H3. The topological polar surface area (TPSA) is 0 Å². The summed E-state index contributed by atoms with van der Waals surface area (Å²) in [6.45, 7) is 13.5. The van der Waals surface area contributed by atoms with E-state index in [1.165, 1.54) is 22.3 Å². The van der Waals surface area contributed by atoms with Crippen molar-refractivity contribution in [3.63, 3.8) is 0 Å². The van der Waals surface area contributed by atoms with Crippen molar-refractivity contribution >= 4 is 12.6 Å². The van der Waals surface area contributed by atoms with Crippen molar-refractivity contribution in [3.8, 4) is 11.1 Å². The summed E-state index contributed by atoms with van der Waals surface area (Å²) in [6.07, 6.45) is 0. The molecule has 21 heavy (non-hydrogen) atoms. The number of benzene rings is 2. The maximum atomic E-state index is 4.86. The summed E-state index contributed by atoms with van der Waals surface area (Å²) in [4.78, 5) is 1.13. The molecule has 0 aliphatic carbocycles. The summed E-state index contributed by atoms with van der Waals surface area (Å²) in [5.41, 5.74) is 5.35. The highest BCUT2D eigenvalue weighted by Crippen LogP contribution is 2.39. The second kappa shape index (κ2) is 5.53. The maximum Gasteiger partial charge on any atom is 0.0115 e. The van der Waals surface area contributed by atoms with E-state index < -0.39 is 0 Å². The largest absolute Gasteiger partial charge is 0.143 e. The normalized spacial score (nSPS) is 12.5. The lowest BCUT2D eigenvalue weighted by Crippen LogP contribution is -2.18. The molecule has 0 saturated carbocycles. The van der Waals surface area contributed by atoms with Gasteiger partial charge >= 0.3 is 0 Å². The van der Waals surface area contributed by atoms with E-state index in [4.69, 9.17) is 12.6 Å². The first kappa shape index (κ1) is 16.2. The van der Waals surface area contributed by atoms with Gasteiger partial charge in [-0.1, -0.05) is 71.9 Å². The van der Waals surface area contributed by atoms with Crippen LogP contribution in [0.4, 0.5) is 0 Å². The molecule has 0 saturated heterocycles. The molecule has 0 bridgehead atoms. The van der Waals surface area contributed by atoms with Crippen LogP contribution in [0.3, 0.4) is 0 Å². The van der Waals surface area contributed by atoms with Crippen LogP contribution in [-0.2, 0) is 10.8 Å². The molecule has 0 aliphatic heterocycles. The van der Waals surface area contributed by atoms with Crippen LogP contribution in [0.15, 0.2) is 47.4 Å². The van der Waals surface area contributed by atoms with Gasteiger partial charge in [-0.15, -0.1) is 12.6 Å². The van der Waals surface area contributed by atoms with Gasteiger partial charge in [-0.25, -0.2) is 0 Å². The van der Waals surface area contributed by atoms with Crippen molar-refractivity contribution in [1.29, 1.82) is 0 Å². The Morgan fingerprint density at radius 2 is 1.10 bits per heavy atom. The van der Waals surface area contributed by atoms with E-state index in [1.54, 1.807) is 0 Å². The highest BCUT2D eigenvalue weighted by atomic mass is 32.1. The van der Waals surface area contributed by atoms with Crippen molar-refractivity contribution < 1.29 is 0 Å². The number of thiol groups is 1. The molecule has 0 aliphatic rings. The fraction of sp³-hybridized carbons (Fsp3) is 0.400. The van der Waals surface area contributed by atoms with Gasteiger partial charge in [0.1, 0.15) is 0 Å². The van der Waals surface area contributed by atoms with Crippen LogP contribution in [0.1, 0.15) is 52.7 Å². The van der Waals surface area contributed by atoms with E-state index in [9.17, 15) is 0 Å². The van der Waals surface area contributed by atoms with E-state index in [1.807, 2.05) is 0 Å². The first-order valence-electron chi connectivity index (χ1n) is 7.54. The smallest absolute Gasteiger partial charge is 0.0115 e. The Kier molecular flexibility index (Phi) is 4.26. The van der Waals surface area contributed by atoms with Crippen LogP contribution in [0, 0.1) is 0 Å². The van der Waals surface area contributed by atoms with E-state index in [0.29, 0.717) is 0 Å². The molecule has 0 fully saturated rings. The zero-order valence-electron chi connectivity index (χ0n) is 14.0. The quantitative estimate of drug-likeness (QED) is 0.592. The molecule has 0 heterocycles. The zero-order valence-corrected chi connectivity index (χ0v) is 14.9. The Balaban J connectivity index is 2.75. The van der Waals surface area contributed by atoms with Gasteiger partial charge in [0.2, 0.25) is 0 Å². The molecule has 112 valence electrons. The van der Waals surface area contributed by atoms with E-state index in [-0.39, 0.29) is 10.8 Å². The number of hydrogen-bond acceptors (Lipinski definition) is 1. The molecular formula is C20H26S. The highest BCUT2D eigenvalue weighted by Gasteiger charge is 2.25. The van der Waals surface area contributed by atoms with Crippen molar-refractivity contribution in [2.45, 2.75) is 57.3 Å². The molecule has 0 radical (unpaired) electrons. The summed E-state index contributed by atoms with van der Waals surface area (Å²) in [7, 11) is 0. The third kappa shape index (κ3) is 3.52. The zero-order chi connectivity index (χ0) is 15.8. The third-order valence-corrected chi connectivity index (χ3v) is 4.31. The fourth-order valence-corrected chi connectivity index (χ4v) is 3.38. The predicted octanol–water partition coefficient (Wildman–Crippen LogP) is 6.24. The summed E-state index contributed by atoms with van der Waals surface area (Å²) >= 11 is 4.86. The molecule has 0 spiro atoms. The molecule has 2 rings (SSSR count). The fourth-order valence-electron chi connectivity index (χ4n) is 2.58. The van der Waals surface area contributed by atoms with Crippen LogP contribution in [0.5, 0.6) is 0 Å². The van der Waals surface area contributed by atoms with Crippen LogP contribution < -0.4 is 0 Å². The Labute approximate surface area is 135 Å². The molecule has 0 aromatic heterocycles. The highest BCUT2D eigenvalue weighted by molar-refractivity contribution is 7.80. The molecule has 0 amide bonds. The first-order chi connectivity index (χ1) is 9.60. The molecule has 0 unspecified atom stereocenters. The molecule has 2 aromatic carbocycles. The minimum atomic E-state index is 0.0852. The van der Waals surface area contributed by atoms with Gasteiger partial charge in [-0.2, -0.15) is 0 Å². The second-order valence-electron chi connectivity index (χ2n) is 7.79. The average molecular weight is 298 g/mol. The molecule has 0 nitrogen and oxygen atoms in total. The Morgan fingerprint density at radius 1 is 0.667 bits per heavy atom. The van der Waals surface area contributed by atoms with Crippen molar-refractivity contribution in [3.05, 3.63) is 53.6 Å². The molecule has 2 aromatic rings. The molecular weight excluding hydrogens is 272 g/mol. The molecule has 0 atom stereocenters. The average Bonchev–Trinajstić information content (AvgIpc) is 2.37. The van der Waals surface area contributed by atoms with Crippen LogP contribution >= 0.6 is 12.6 Å². The van der Waals surface area contributed by atoms with Gasteiger partial charge < -0.3 is 0 Å². The minimum Gasteiger partial charge on any atom is -0.143 e. The van der Waals surface area contributed by atoms with Crippen LogP contribution in [0.25, 0.3) is 11.1 Å². The number of rotatable bonds is 1. The molecule has 0 N–H and O–H groups in total. The minimum absolute atomic E-state index is 0.0852. The third-order valence-electron chi connectivity index (χ3n) is 3.83. The summed E-state index contributed by atoms with van der Waals surface area (Å²) in [5, 5.41) is 0. The van der Waals surface area contributed by atoms with Gasteiger partial charge in [0, 0.05) is 4.90 Å². The summed E-state index contributed by atoms with van der Waals surface area (Å²) < 4.78 is 0. The molecule has 1 heteroatoms. The van der Waals surface area contributed by atoms with E-state index in [2.05, 4.69) is 84.0 Å². The summed E-state index contributed by atoms with van der Waals surface area (Å²) in [5.74, 6) is 0. The van der Waals surface area contributed by atoms with Crippen molar-refractivity contribution in [2.75, 3.05) is 0 Å². The lowest BCUT2D eigenvalue weighted by Gasteiger charge is -2.29. The Bertz CT molecular complexity index is 590. The SMILES string of the molecule is CC(C)(C)c1cc(-c2ccccc2)cc(C(C)(C)C)c1S. The van der Waals surface area contributed by atoms with Gasteiger partial charge in [-0.3, -0.25) is 0 Å². The van der Waals surface area contributed by atoms with Crippen LogP contribution in [0.2, 0.25) is 0 Å². The Hall–Kier alpha value is -1.21. The van der Waals surface area contributed by atoms with Crippen LogP contribution in [-0.4, -0.2) is 0 Å². The Morgan fingerprint density at radius 3 is 1.48 bits per heavy atom. The first-order valence-corrected chi connectivity index (χ1v) is 7.99. The summed E-state index contributed by atoms with van der Waals surface area (Å²) in [6, 6.07) is 15.2. The van der Waals surface area contributed by atoms with Gasteiger partial charge in [0.25, 0.3) is 0 Å². The lowest BCUT2D eigenvalue weighted by molar-refractivity contribution is 0.547. The lowest BCUT2D eigenvalue weighted by atomic mass is 9.78. The van der Waals surface area contributed by atoms with Crippen molar-refractivity contribution in [2.24, 2.45) is 0 Å². The second-order valence-corrected chi connectivity index (χ2v) is 8.23. The van der Waals surface area contributed by atoms with Crippen molar-refractivity contribution in [1.82, 2.24) is 0 Å². The van der Waals surface area contributed by atoms with E-state index in [0.717, 1.165) is 4.90 Å². The monoisotopic (exact) mass is 298 g/mol. The van der Waals surface area contributed by atoms with Gasteiger partial charge in [0.15, 0.2) is 0 Å².